The van der Waals surface area contributed by atoms with E-state index >= 15 is 0 Å². The molecule has 15 heavy (non-hydrogen) atoms. The number of unbranched alkanes of at least 4 members (excludes halogenated alkanes) is 3. The maximum atomic E-state index is 5.44. The van der Waals surface area contributed by atoms with Crippen molar-refractivity contribution in [3.8, 4) is 11.8 Å². The van der Waals surface area contributed by atoms with Crippen molar-refractivity contribution in [3.05, 3.63) is 11.9 Å². The number of hydrogen-bond acceptors (Lipinski definition) is 3. The summed E-state index contributed by atoms with van der Waals surface area (Å²) in [5.74, 6) is 5.95. The first kappa shape index (κ1) is 11.7. The van der Waals surface area contributed by atoms with Gasteiger partial charge in [0, 0.05) is 25.7 Å². The van der Waals surface area contributed by atoms with Crippen LogP contribution >= 0.6 is 0 Å². The fourth-order valence-electron chi connectivity index (χ4n) is 1.33. The van der Waals surface area contributed by atoms with Crippen LogP contribution in [0, 0.1) is 11.8 Å². The van der Waals surface area contributed by atoms with Crippen LogP contribution in [-0.4, -0.2) is 15.0 Å². The summed E-state index contributed by atoms with van der Waals surface area (Å²) in [7, 11) is 0. The van der Waals surface area contributed by atoms with Gasteiger partial charge >= 0.3 is 0 Å². The van der Waals surface area contributed by atoms with Gasteiger partial charge in [-0.3, -0.25) is 4.68 Å². The van der Waals surface area contributed by atoms with Crippen molar-refractivity contribution in [1.29, 1.82) is 0 Å². The van der Waals surface area contributed by atoms with Crippen molar-refractivity contribution < 1.29 is 0 Å². The maximum absolute atomic E-state index is 5.44. The van der Waals surface area contributed by atoms with E-state index in [0.717, 1.165) is 25.1 Å². The highest BCUT2D eigenvalue weighted by Crippen LogP contribution is 2.01. The summed E-state index contributed by atoms with van der Waals surface area (Å²) in [4.78, 5) is 0. The molecule has 0 saturated carbocycles. The molecule has 4 nitrogen and oxygen atoms in total. The first-order valence-electron chi connectivity index (χ1n) is 5.35. The minimum Gasteiger partial charge on any atom is -0.325 e. The van der Waals surface area contributed by atoms with E-state index in [1.54, 1.807) is 0 Å². The second-order valence-electron chi connectivity index (χ2n) is 3.41. The summed E-state index contributed by atoms with van der Waals surface area (Å²) in [6.45, 7) is 3.27. The first-order chi connectivity index (χ1) is 7.36. The van der Waals surface area contributed by atoms with Gasteiger partial charge in [-0.1, -0.05) is 11.6 Å². The molecule has 0 amide bonds. The lowest BCUT2D eigenvalue weighted by atomic mass is 10.2. The highest BCUT2D eigenvalue weighted by molar-refractivity contribution is 4.94. The van der Waals surface area contributed by atoms with Crippen molar-refractivity contribution in [2.24, 2.45) is 5.73 Å². The number of nitrogens with zero attached hydrogens (tertiary/aromatic N) is 3. The van der Waals surface area contributed by atoms with Crippen molar-refractivity contribution in [3.63, 3.8) is 0 Å². The first-order valence-corrected chi connectivity index (χ1v) is 5.35. The summed E-state index contributed by atoms with van der Waals surface area (Å²) >= 11 is 0. The molecule has 82 valence electrons. The Hall–Kier alpha value is -1.34. The van der Waals surface area contributed by atoms with Crippen LogP contribution in [0.2, 0.25) is 0 Å². The van der Waals surface area contributed by atoms with E-state index in [2.05, 4.69) is 22.2 Å². The molecule has 0 aliphatic rings. The minimum atomic E-state index is 0.464. The Kier molecular flexibility index (Phi) is 5.49. The third kappa shape index (κ3) is 4.61. The monoisotopic (exact) mass is 206 g/mol. The molecule has 2 N–H and O–H groups in total. The normalized spacial score (nSPS) is 9.73. The summed E-state index contributed by atoms with van der Waals surface area (Å²) in [5, 5.41) is 7.91. The fourth-order valence-corrected chi connectivity index (χ4v) is 1.33. The SMILES string of the molecule is CC#CCCCCCn1cc(CN)nn1. The molecule has 0 bridgehead atoms. The van der Waals surface area contributed by atoms with Crippen molar-refractivity contribution in [1.82, 2.24) is 15.0 Å². The highest BCUT2D eigenvalue weighted by atomic mass is 15.4. The Morgan fingerprint density at radius 3 is 2.93 bits per heavy atom. The zero-order valence-corrected chi connectivity index (χ0v) is 9.24. The van der Waals surface area contributed by atoms with Crippen LogP contribution in [0.1, 0.15) is 38.3 Å². The topological polar surface area (TPSA) is 56.7 Å². The Balaban J connectivity index is 2.11. The van der Waals surface area contributed by atoms with Crippen LogP contribution in [-0.2, 0) is 13.1 Å². The average molecular weight is 206 g/mol. The van der Waals surface area contributed by atoms with Crippen LogP contribution in [0.3, 0.4) is 0 Å². The molecule has 0 aromatic carbocycles. The number of hydrogen-bond donors (Lipinski definition) is 1. The summed E-state index contributed by atoms with van der Waals surface area (Å²) in [6.07, 6.45) is 6.39. The lowest BCUT2D eigenvalue weighted by molar-refractivity contribution is 0.532. The molecule has 1 heterocycles. The molecule has 1 aromatic heterocycles. The molecule has 0 saturated heterocycles. The molecule has 0 fully saturated rings. The van der Waals surface area contributed by atoms with Crippen LogP contribution < -0.4 is 5.73 Å². The third-order valence-corrected chi connectivity index (χ3v) is 2.16. The van der Waals surface area contributed by atoms with Gasteiger partial charge in [0.25, 0.3) is 0 Å². The Labute approximate surface area is 90.9 Å². The van der Waals surface area contributed by atoms with E-state index in [1.807, 2.05) is 17.8 Å². The zero-order chi connectivity index (χ0) is 10.9. The molecular weight excluding hydrogens is 188 g/mol. The van der Waals surface area contributed by atoms with Crippen LogP contribution in [0.15, 0.2) is 6.20 Å². The largest absolute Gasteiger partial charge is 0.325 e. The molecule has 0 spiro atoms. The second-order valence-corrected chi connectivity index (χ2v) is 3.41. The fraction of sp³-hybridized carbons (Fsp3) is 0.636. The van der Waals surface area contributed by atoms with Gasteiger partial charge in [0.05, 0.1) is 5.69 Å². The summed E-state index contributed by atoms with van der Waals surface area (Å²) < 4.78 is 1.85. The van der Waals surface area contributed by atoms with Crippen molar-refractivity contribution in [2.45, 2.75) is 45.7 Å². The van der Waals surface area contributed by atoms with Crippen LogP contribution in [0.5, 0.6) is 0 Å². The van der Waals surface area contributed by atoms with Gasteiger partial charge in [0.2, 0.25) is 0 Å². The predicted octanol–water partition coefficient (Wildman–Crippen LogP) is 1.32. The lowest BCUT2D eigenvalue weighted by Gasteiger charge is -1.98. The molecule has 0 unspecified atom stereocenters. The maximum Gasteiger partial charge on any atom is 0.0962 e. The molecule has 0 aliphatic heterocycles. The van der Waals surface area contributed by atoms with E-state index in [9.17, 15) is 0 Å². The molecular formula is C11H18N4. The zero-order valence-electron chi connectivity index (χ0n) is 9.24. The van der Waals surface area contributed by atoms with Gasteiger partial charge in [-0.05, 0) is 19.8 Å². The Bertz CT molecular complexity index is 332. The molecule has 4 heteroatoms. The van der Waals surface area contributed by atoms with Gasteiger partial charge in [0.15, 0.2) is 0 Å². The number of rotatable bonds is 6. The predicted molar refractivity (Wildman–Crippen MR) is 59.8 cm³/mol. The van der Waals surface area contributed by atoms with E-state index in [4.69, 9.17) is 5.73 Å². The van der Waals surface area contributed by atoms with Gasteiger partial charge in [-0.15, -0.1) is 16.9 Å². The highest BCUT2D eigenvalue weighted by Gasteiger charge is 1.97. The number of aryl methyl sites for hydroxylation is 1. The average Bonchev–Trinajstić information content (AvgIpc) is 2.71. The lowest BCUT2D eigenvalue weighted by Crippen LogP contribution is -1.98. The summed E-state index contributed by atoms with van der Waals surface area (Å²) in [5.41, 5.74) is 6.30. The van der Waals surface area contributed by atoms with Gasteiger partial charge in [-0.25, -0.2) is 0 Å². The van der Waals surface area contributed by atoms with Gasteiger partial charge < -0.3 is 5.73 Å². The van der Waals surface area contributed by atoms with E-state index in [0.29, 0.717) is 6.54 Å². The second kappa shape index (κ2) is 7.02. The van der Waals surface area contributed by atoms with Gasteiger partial charge in [0.1, 0.15) is 0 Å². The summed E-state index contributed by atoms with van der Waals surface area (Å²) in [6, 6.07) is 0. The van der Waals surface area contributed by atoms with Crippen molar-refractivity contribution >= 4 is 0 Å². The Morgan fingerprint density at radius 1 is 1.40 bits per heavy atom. The standard InChI is InChI=1S/C11H18N4/c1-2-3-4-5-6-7-8-15-10-11(9-12)13-14-15/h10H,4-9,12H2,1H3. The van der Waals surface area contributed by atoms with E-state index in [1.165, 1.54) is 12.8 Å². The Morgan fingerprint density at radius 2 is 2.27 bits per heavy atom. The van der Waals surface area contributed by atoms with E-state index < -0.39 is 0 Å². The molecule has 0 atom stereocenters. The third-order valence-electron chi connectivity index (χ3n) is 2.16. The van der Waals surface area contributed by atoms with Crippen LogP contribution in [0.25, 0.3) is 0 Å². The van der Waals surface area contributed by atoms with Gasteiger partial charge in [-0.2, -0.15) is 0 Å². The smallest absolute Gasteiger partial charge is 0.0962 e. The minimum absolute atomic E-state index is 0.464. The quantitative estimate of drug-likeness (QED) is 0.564. The molecule has 0 radical (unpaired) electrons. The molecule has 1 aromatic rings. The number of aromatic nitrogens is 3. The molecule has 0 aliphatic carbocycles. The van der Waals surface area contributed by atoms with Crippen molar-refractivity contribution in [2.75, 3.05) is 0 Å². The molecule has 1 rings (SSSR count). The van der Waals surface area contributed by atoms with Crippen LogP contribution in [0.4, 0.5) is 0 Å². The number of nitrogens with two attached hydrogens (primary N) is 1. The van der Waals surface area contributed by atoms with E-state index in [-0.39, 0.29) is 0 Å².